The Balaban J connectivity index is 1.26. The molecule has 1 fully saturated rings. The van der Waals surface area contributed by atoms with Gasteiger partial charge in [-0.15, -0.1) is 11.3 Å². The SMILES string of the molecule is O=c1[nH]c(CN2CCN(Cc3ccccc3)CC2)nc2sc3c(c12)CCCC3. The number of nitrogens with one attached hydrogen (secondary N) is 1. The third kappa shape index (κ3) is 3.64. The molecule has 1 aliphatic heterocycles. The highest BCUT2D eigenvalue weighted by Gasteiger charge is 2.21. The van der Waals surface area contributed by atoms with E-state index in [1.807, 2.05) is 0 Å². The Morgan fingerprint density at radius 2 is 1.68 bits per heavy atom. The summed E-state index contributed by atoms with van der Waals surface area (Å²) in [6.07, 6.45) is 4.56. The van der Waals surface area contributed by atoms with Crippen LogP contribution in [0.5, 0.6) is 0 Å². The van der Waals surface area contributed by atoms with Gasteiger partial charge in [0.15, 0.2) is 0 Å². The summed E-state index contributed by atoms with van der Waals surface area (Å²) in [5.74, 6) is 0.813. The summed E-state index contributed by atoms with van der Waals surface area (Å²) < 4.78 is 0. The van der Waals surface area contributed by atoms with E-state index in [0.717, 1.165) is 68.2 Å². The lowest BCUT2D eigenvalue weighted by Gasteiger charge is -2.34. The van der Waals surface area contributed by atoms with Crippen molar-refractivity contribution in [3.8, 4) is 0 Å². The highest BCUT2D eigenvalue weighted by Crippen LogP contribution is 2.33. The first-order valence-corrected chi connectivity index (χ1v) is 11.1. The van der Waals surface area contributed by atoms with Crippen LogP contribution < -0.4 is 5.56 Å². The van der Waals surface area contributed by atoms with Crippen LogP contribution in [0.15, 0.2) is 35.1 Å². The summed E-state index contributed by atoms with van der Waals surface area (Å²) in [6, 6.07) is 10.7. The predicted octanol–water partition coefficient (Wildman–Crippen LogP) is 3.18. The number of aromatic nitrogens is 2. The van der Waals surface area contributed by atoms with E-state index < -0.39 is 0 Å². The zero-order valence-corrected chi connectivity index (χ0v) is 16.9. The van der Waals surface area contributed by atoms with Gasteiger partial charge in [-0.1, -0.05) is 30.3 Å². The van der Waals surface area contributed by atoms with Gasteiger partial charge in [-0.25, -0.2) is 4.98 Å². The molecule has 5 nitrogen and oxygen atoms in total. The van der Waals surface area contributed by atoms with E-state index in [0.29, 0.717) is 0 Å². The van der Waals surface area contributed by atoms with Crippen LogP contribution in [0.4, 0.5) is 0 Å². The normalized spacial score (nSPS) is 18.4. The molecule has 0 saturated carbocycles. The zero-order valence-electron chi connectivity index (χ0n) is 16.1. The fourth-order valence-electron chi connectivity index (χ4n) is 4.44. The van der Waals surface area contributed by atoms with E-state index in [4.69, 9.17) is 4.98 Å². The third-order valence-corrected chi connectivity index (χ3v) is 7.15. The number of nitrogens with zero attached hydrogens (tertiary/aromatic N) is 3. The van der Waals surface area contributed by atoms with Crippen molar-refractivity contribution in [2.75, 3.05) is 26.2 Å². The van der Waals surface area contributed by atoms with Crippen molar-refractivity contribution in [1.29, 1.82) is 0 Å². The maximum atomic E-state index is 12.7. The quantitative estimate of drug-likeness (QED) is 0.738. The Bertz CT molecular complexity index is 1020. The summed E-state index contributed by atoms with van der Waals surface area (Å²) in [7, 11) is 0. The number of piperazine rings is 1. The summed E-state index contributed by atoms with van der Waals surface area (Å²) in [5, 5.41) is 0.858. The number of rotatable bonds is 4. The molecule has 6 heteroatoms. The second kappa shape index (κ2) is 7.78. The molecule has 5 rings (SSSR count). The number of fused-ring (bicyclic) bond motifs is 3. The zero-order chi connectivity index (χ0) is 18.9. The van der Waals surface area contributed by atoms with Crippen molar-refractivity contribution in [3.05, 3.63) is 62.5 Å². The lowest BCUT2D eigenvalue weighted by molar-refractivity contribution is 0.120. The maximum absolute atomic E-state index is 12.7. The Hall–Kier alpha value is -2.02. The van der Waals surface area contributed by atoms with E-state index >= 15 is 0 Å². The Morgan fingerprint density at radius 1 is 0.964 bits per heavy atom. The van der Waals surface area contributed by atoms with Crippen LogP contribution in [0, 0.1) is 0 Å². The smallest absolute Gasteiger partial charge is 0.259 e. The summed E-state index contributed by atoms with van der Waals surface area (Å²) >= 11 is 1.73. The second-order valence-electron chi connectivity index (χ2n) is 7.94. The number of benzene rings is 1. The molecule has 2 aromatic heterocycles. The number of hydrogen-bond acceptors (Lipinski definition) is 5. The highest BCUT2D eigenvalue weighted by atomic mass is 32.1. The molecule has 0 spiro atoms. The minimum Gasteiger partial charge on any atom is -0.309 e. The van der Waals surface area contributed by atoms with Gasteiger partial charge in [0.2, 0.25) is 0 Å². The number of aryl methyl sites for hydroxylation is 2. The first-order valence-electron chi connectivity index (χ1n) is 10.3. The second-order valence-corrected chi connectivity index (χ2v) is 9.03. The molecule has 0 radical (unpaired) electrons. The average molecular weight is 395 g/mol. The van der Waals surface area contributed by atoms with Crippen LogP contribution >= 0.6 is 11.3 Å². The summed E-state index contributed by atoms with van der Waals surface area (Å²) in [5.41, 5.74) is 2.69. The molecule has 2 aliphatic rings. The fraction of sp³-hybridized carbons (Fsp3) is 0.455. The molecular weight excluding hydrogens is 368 g/mol. The van der Waals surface area contributed by atoms with Gasteiger partial charge in [-0.3, -0.25) is 14.6 Å². The van der Waals surface area contributed by atoms with Crippen molar-refractivity contribution in [1.82, 2.24) is 19.8 Å². The molecule has 3 aromatic rings. The van der Waals surface area contributed by atoms with Crippen LogP contribution in [0.1, 0.15) is 34.7 Å². The largest absolute Gasteiger partial charge is 0.309 e. The lowest BCUT2D eigenvalue weighted by Crippen LogP contribution is -2.45. The number of hydrogen-bond donors (Lipinski definition) is 1. The van der Waals surface area contributed by atoms with Gasteiger partial charge in [-0.2, -0.15) is 0 Å². The first-order chi connectivity index (χ1) is 13.8. The minimum atomic E-state index is 0.0575. The van der Waals surface area contributed by atoms with Gasteiger partial charge >= 0.3 is 0 Å². The minimum absolute atomic E-state index is 0.0575. The van der Waals surface area contributed by atoms with E-state index in [2.05, 4.69) is 45.1 Å². The topological polar surface area (TPSA) is 52.2 Å². The van der Waals surface area contributed by atoms with Gasteiger partial charge in [0.05, 0.1) is 11.9 Å². The molecular formula is C22H26N4OS. The van der Waals surface area contributed by atoms with Crippen LogP contribution in [-0.2, 0) is 25.9 Å². The number of thiophene rings is 1. The molecule has 0 unspecified atom stereocenters. The van der Waals surface area contributed by atoms with Crippen molar-refractivity contribution < 1.29 is 0 Å². The Morgan fingerprint density at radius 3 is 2.46 bits per heavy atom. The van der Waals surface area contributed by atoms with Crippen LogP contribution in [-0.4, -0.2) is 45.9 Å². The Labute approximate surface area is 169 Å². The molecule has 1 aromatic carbocycles. The van der Waals surface area contributed by atoms with Crippen molar-refractivity contribution in [2.24, 2.45) is 0 Å². The van der Waals surface area contributed by atoms with Gasteiger partial charge in [0.25, 0.3) is 5.56 Å². The molecule has 1 N–H and O–H groups in total. The summed E-state index contributed by atoms with van der Waals surface area (Å²) in [6.45, 7) is 5.86. The Kier molecular flexibility index (Phi) is 5.01. The fourth-order valence-corrected chi connectivity index (χ4v) is 5.72. The number of H-pyrrole nitrogens is 1. The van der Waals surface area contributed by atoms with E-state index in [1.54, 1.807) is 11.3 Å². The van der Waals surface area contributed by atoms with Crippen LogP contribution in [0.25, 0.3) is 10.2 Å². The van der Waals surface area contributed by atoms with Crippen LogP contribution in [0.2, 0.25) is 0 Å². The van der Waals surface area contributed by atoms with Crippen molar-refractivity contribution in [2.45, 2.75) is 38.8 Å². The molecule has 28 heavy (non-hydrogen) atoms. The van der Waals surface area contributed by atoms with Gasteiger partial charge < -0.3 is 4.98 Å². The van der Waals surface area contributed by atoms with Gasteiger partial charge in [-0.05, 0) is 36.8 Å². The molecule has 0 atom stereocenters. The van der Waals surface area contributed by atoms with E-state index in [9.17, 15) is 4.79 Å². The van der Waals surface area contributed by atoms with Gasteiger partial charge in [0.1, 0.15) is 10.7 Å². The number of aromatic amines is 1. The van der Waals surface area contributed by atoms with Crippen LogP contribution in [0.3, 0.4) is 0 Å². The average Bonchev–Trinajstić information content (AvgIpc) is 3.09. The van der Waals surface area contributed by atoms with Crippen molar-refractivity contribution in [3.63, 3.8) is 0 Å². The van der Waals surface area contributed by atoms with E-state index in [-0.39, 0.29) is 5.56 Å². The van der Waals surface area contributed by atoms with Gasteiger partial charge in [0, 0.05) is 37.6 Å². The lowest BCUT2D eigenvalue weighted by atomic mass is 9.97. The maximum Gasteiger partial charge on any atom is 0.259 e. The highest BCUT2D eigenvalue weighted by molar-refractivity contribution is 7.18. The monoisotopic (exact) mass is 394 g/mol. The molecule has 0 bridgehead atoms. The standard InChI is InChI=1S/C22H26N4OS/c27-21-20-17-8-4-5-9-18(17)28-22(20)24-19(23-21)15-26-12-10-25(11-13-26)14-16-6-2-1-3-7-16/h1-3,6-7H,4-5,8-15H2,(H,23,24,27). The van der Waals surface area contributed by atoms with E-state index in [1.165, 1.54) is 28.8 Å². The molecule has 146 valence electrons. The van der Waals surface area contributed by atoms with Crippen molar-refractivity contribution >= 4 is 21.6 Å². The molecule has 1 saturated heterocycles. The molecule has 3 heterocycles. The molecule has 0 amide bonds. The third-order valence-electron chi connectivity index (χ3n) is 5.96. The summed E-state index contributed by atoms with van der Waals surface area (Å²) in [4.78, 5) is 27.8. The predicted molar refractivity (Wildman–Crippen MR) is 114 cm³/mol. The molecule has 1 aliphatic carbocycles. The first kappa shape index (κ1) is 18.0.